The van der Waals surface area contributed by atoms with Gasteiger partial charge in [0.15, 0.2) is 11.2 Å². The maximum Gasteiger partial charge on any atom is 0.255 e. The van der Waals surface area contributed by atoms with Crippen LogP contribution in [0.1, 0.15) is 90.8 Å². The molecule has 2 unspecified atom stereocenters. The van der Waals surface area contributed by atoms with Gasteiger partial charge in [-0.15, -0.1) is 11.3 Å². The summed E-state index contributed by atoms with van der Waals surface area (Å²) in [6, 6.07) is 5.92. The standard InChI is InChI=1S/C45H47F2N11O6S/c46-32-19-26(18-30-31(32)24-57(43(30)63)40(42(62)53-44-48-11-17-65-44)39-36-2-1-12-56(36)25-49-39)27-22-50-58(23-27)29-7-13-55(14-8-29)38(60)21-45(64)9-15-54(16-10-45)35-5-3-28(20-33(35)47)51-34-4-6-37(59)52-41(34)61/h3,5,11,17-20,22-23,25,29,34,40,51,64H,1-2,4,6-10,12-16,21,24H2,(H,48,53,62)(H,52,59,61). The third kappa shape index (κ3) is 8.35. The third-order valence-corrected chi connectivity index (χ3v) is 14.1. The number of thiazole rings is 1. The summed E-state index contributed by atoms with van der Waals surface area (Å²) in [4.78, 5) is 78.8. The molecular weight excluding hydrogens is 861 g/mol. The fourth-order valence-electron chi connectivity index (χ4n) is 9.85. The van der Waals surface area contributed by atoms with Crippen molar-refractivity contribution in [2.45, 2.75) is 94.6 Å². The summed E-state index contributed by atoms with van der Waals surface area (Å²) in [5.74, 6) is -2.90. The maximum atomic E-state index is 16.0. The summed E-state index contributed by atoms with van der Waals surface area (Å²) >= 11 is 1.26. The van der Waals surface area contributed by atoms with Gasteiger partial charge in [-0.05, 0) is 80.8 Å². The zero-order chi connectivity index (χ0) is 45.0. The van der Waals surface area contributed by atoms with E-state index in [-0.39, 0.29) is 61.2 Å². The van der Waals surface area contributed by atoms with Crippen LogP contribution in [-0.2, 0) is 38.7 Å². The van der Waals surface area contributed by atoms with Crippen LogP contribution < -0.4 is 20.9 Å². The first-order valence-corrected chi connectivity index (χ1v) is 22.8. The second kappa shape index (κ2) is 17.1. The first kappa shape index (κ1) is 42.4. The van der Waals surface area contributed by atoms with Gasteiger partial charge in [-0.3, -0.25) is 39.3 Å². The average Bonchev–Trinajstić information content (AvgIpc) is 4.15. The Morgan fingerprint density at radius 1 is 0.969 bits per heavy atom. The lowest BCUT2D eigenvalue weighted by atomic mass is 9.87. The summed E-state index contributed by atoms with van der Waals surface area (Å²) in [5, 5.41) is 26.3. The molecule has 5 aliphatic rings. The lowest BCUT2D eigenvalue weighted by Gasteiger charge is -2.40. The summed E-state index contributed by atoms with van der Waals surface area (Å²) < 4.78 is 35.1. The van der Waals surface area contributed by atoms with Gasteiger partial charge in [0.05, 0.1) is 48.5 Å². The number of imidazole rings is 1. The second-order valence-corrected chi connectivity index (χ2v) is 18.4. The van der Waals surface area contributed by atoms with Crippen molar-refractivity contribution in [3.05, 3.63) is 94.8 Å². The molecule has 3 saturated heterocycles. The number of imide groups is 1. The number of halogens is 2. The highest BCUT2D eigenvalue weighted by molar-refractivity contribution is 7.13. The van der Waals surface area contributed by atoms with Gasteiger partial charge in [-0.1, -0.05) is 0 Å². The molecule has 3 aromatic heterocycles. The van der Waals surface area contributed by atoms with E-state index in [1.54, 1.807) is 47.2 Å². The van der Waals surface area contributed by atoms with Crippen LogP contribution in [0.2, 0.25) is 0 Å². The normalized spacial score (nSPS) is 20.1. The predicted octanol–water partition coefficient (Wildman–Crippen LogP) is 4.57. The van der Waals surface area contributed by atoms with Gasteiger partial charge in [-0.25, -0.2) is 18.7 Å². The Morgan fingerprint density at radius 2 is 1.78 bits per heavy atom. The molecule has 2 aromatic carbocycles. The van der Waals surface area contributed by atoms with Crippen LogP contribution in [0.5, 0.6) is 0 Å². The van der Waals surface area contributed by atoms with Crippen molar-refractivity contribution in [1.29, 1.82) is 0 Å². The van der Waals surface area contributed by atoms with Gasteiger partial charge in [0, 0.05) is 85.0 Å². The SMILES string of the molecule is O=C1CCC(Nc2ccc(N3CCC(O)(CC(=O)N4CCC(n5cc(-c6cc(F)c7c(c6)C(=O)N(C(C(=O)Nc6nccs6)c6ncn8c6CCC8)C7)cn5)CC4)CC3)c(F)c2)C(=O)N1. The predicted molar refractivity (Wildman–Crippen MR) is 234 cm³/mol. The second-order valence-electron chi connectivity index (χ2n) is 17.5. The Hall–Kier alpha value is -6.54. The van der Waals surface area contributed by atoms with E-state index in [1.807, 2.05) is 20.3 Å². The third-order valence-electron chi connectivity index (χ3n) is 13.5. The molecule has 5 aliphatic heterocycles. The first-order chi connectivity index (χ1) is 31.4. The molecule has 0 radical (unpaired) electrons. The molecule has 0 bridgehead atoms. The minimum atomic E-state index is -1.23. The van der Waals surface area contributed by atoms with Crippen LogP contribution in [0.15, 0.2) is 60.6 Å². The Morgan fingerprint density at radius 3 is 2.54 bits per heavy atom. The highest BCUT2D eigenvalue weighted by Gasteiger charge is 2.43. The number of hydrogen-bond acceptors (Lipinski definition) is 12. The van der Waals surface area contributed by atoms with Gasteiger partial charge in [0.2, 0.25) is 17.7 Å². The minimum absolute atomic E-state index is 0.0372. The Balaban J connectivity index is 0.742. The molecule has 20 heteroatoms. The minimum Gasteiger partial charge on any atom is -0.389 e. The number of fused-ring (bicyclic) bond motifs is 2. The number of aryl methyl sites for hydroxylation is 1. The van der Waals surface area contributed by atoms with Crippen molar-refractivity contribution in [1.82, 2.24) is 39.4 Å². The number of piperidine rings is 3. The number of nitrogens with one attached hydrogen (secondary N) is 3. The summed E-state index contributed by atoms with van der Waals surface area (Å²) in [6.45, 7) is 2.29. The molecule has 5 aromatic rings. The van der Waals surface area contributed by atoms with Gasteiger partial charge in [0.1, 0.15) is 17.7 Å². The molecule has 17 nitrogen and oxygen atoms in total. The number of nitrogens with zero attached hydrogens (tertiary/aromatic N) is 8. The van der Waals surface area contributed by atoms with E-state index in [0.29, 0.717) is 85.2 Å². The molecule has 0 spiro atoms. The lowest BCUT2D eigenvalue weighted by molar-refractivity contribution is -0.139. The zero-order valence-electron chi connectivity index (χ0n) is 35.3. The molecule has 0 aliphatic carbocycles. The molecule has 2 atom stereocenters. The summed E-state index contributed by atoms with van der Waals surface area (Å²) in [5.41, 5.74) is 2.40. The van der Waals surface area contributed by atoms with E-state index >= 15 is 8.78 Å². The van der Waals surface area contributed by atoms with Crippen molar-refractivity contribution in [2.75, 3.05) is 41.7 Å². The van der Waals surface area contributed by atoms with Gasteiger partial charge < -0.3 is 29.7 Å². The molecule has 338 valence electrons. The van der Waals surface area contributed by atoms with Crippen LogP contribution in [0.25, 0.3) is 11.1 Å². The Bertz CT molecular complexity index is 2690. The number of amides is 5. The zero-order valence-corrected chi connectivity index (χ0v) is 36.2. The van der Waals surface area contributed by atoms with Crippen LogP contribution in [0.4, 0.5) is 25.3 Å². The highest BCUT2D eigenvalue weighted by Crippen LogP contribution is 2.39. The smallest absolute Gasteiger partial charge is 0.255 e. The molecule has 4 N–H and O–H groups in total. The average molecular weight is 908 g/mol. The monoisotopic (exact) mass is 907 g/mol. The molecule has 3 fully saturated rings. The number of carbonyl (C=O) groups is 5. The van der Waals surface area contributed by atoms with Crippen LogP contribution >= 0.6 is 11.3 Å². The first-order valence-electron chi connectivity index (χ1n) is 22.0. The number of anilines is 3. The quantitative estimate of drug-likeness (QED) is 0.136. The summed E-state index contributed by atoms with van der Waals surface area (Å²) in [6.07, 6.45) is 10.6. The van der Waals surface area contributed by atoms with E-state index in [0.717, 1.165) is 18.7 Å². The number of rotatable bonds is 11. The van der Waals surface area contributed by atoms with E-state index in [2.05, 4.69) is 31.0 Å². The lowest BCUT2D eigenvalue weighted by Crippen LogP contribution is -2.49. The van der Waals surface area contributed by atoms with E-state index < -0.39 is 47.0 Å². The van der Waals surface area contributed by atoms with E-state index in [4.69, 9.17) is 0 Å². The van der Waals surface area contributed by atoms with Crippen LogP contribution in [-0.4, -0.2) is 107 Å². The van der Waals surface area contributed by atoms with Crippen LogP contribution in [0.3, 0.4) is 0 Å². The highest BCUT2D eigenvalue weighted by atomic mass is 32.1. The van der Waals surface area contributed by atoms with Crippen molar-refractivity contribution in [2.24, 2.45) is 0 Å². The van der Waals surface area contributed by atoms with Crippen molar-refractivity contribution in [3.8, 4) is 11.1 Å². The largest absolute Gasteiger partial charge is 0.389 e. The molecule has 5 amide bonds. The number of benzene rings is 2. The number of carbonyl (C=O) groups excluding carboxylic acids is 5. The fraction of sp³-hybridized carbons (Fsp3) is 0.422. The van der Waals surface area contributed by atoms with Gasteiger partial charge in [0.25, 0.3) is 11.8 Å². The molecular formula is C45H47F2N11O6S. The molecule has 10 rings (SSSR count). The number of hydrogen-bond donors (Lipinski definition) is 4. The Labute approximate surface area is 375 Å². The van der Waals surface area contributed by atoms with E-state index in [9.17, 15) is 29.1 Å². The van der Waals surface area contributed by atoms with Gasteiger partial charge >= 0.3 is 0 Å². The van der Waals surface area contributed by atoms with Gasteiger partial charge in [-0.2, -0.15) is 5.10 Å². The van der Waals surface area contributed by atoms with Crippen molar-refractivity contribution in [3.63, 3.8) is 0 Å². The maximum absolute atomic E-state index is 16.0. The Kier molecular flexibility index (Phi) is 11.2. The summed E-state index contributed by atoms with van der Waals surface area (Å²) in [7, 11) is 0. The van der Waals surface area contributed by atoms with Crippen molar-refractivity contribution >= 4 is 57.4 Å². The number of aliphatic hydroxyl groups is 1. The van der Waals surface area contributed by atoms with Crippen LogP contribution in [0, 0.1) is 11.6 Å². The fourth-order valence-corrected chi connectivity index (χ4v) is 10.4. The number of aromatic nitrogens is 5. The molecule has 8 heterocycles. The van der Waals surface area contributed by atoms with Crippen molar-refractivity contribution < 1.29 is 37.9 Å². The number of likely N-dealkylation sites (tertiary alicyclic amines) is 1. The topological polar surface area (TPSA) is 200 Å². The van der Waals surface area contributed by atoms with E-state index in [1.165, 1.54) is 28.4 Å². The molecule has 65 heavy (non-hydrogen) atoms. The molecule has 0 saturated carbocycles.